The van der Waals surface area contributed by atoms with Crippen LogP contribution in [0, 0.1) is 5.82 Å². The van der Waals surface area contributed by atoms with Gasteiger partial charge in [-0.15, -0.1) is 0 Å². The molecule has 0 radical (unpaired) electrons. The molecule has 2 rings (SSSR count). The lowest BCUT2D eigenvalue weighted by atomic mass is 10.1. The van der Waals surface area contributed by atoms with Crippen molar-refractivity contribution in [1.29, 1.82) is 0 Å². The Bertz CT molecular complexity index is 482. The largest absolute Gasteiger partial charge is 0.494 e. The maximum absolute atomic E-state index is 13.3. The molecule has 0 aromatic heterocycles. The van der Waals surface area contributed by atoms with E-state index in [9.17, 15) is 4.39 Å². The van der Waals surface area contributed by atoms with Gasteiger partial charge in [0.2, 0.25) is 0 Å². The molecule has 21 heavy (non-hydrogen) atoms. The molecule has 1 heterocycles. The summed E-state index contributed by atoms with van der Waals surface area (Å²) >= 11 is 0. The monoisotopic (exact) mass is 293 g/mol. The summed E-state index contributed by atoms with van der Waals surface area (Å²) in [5.41, 5.74) is 7.05. The fraction of sp³-hybridized carbons (Fsp3) is 0.562. The number of rotatable bonds is 4. The van der Waals surface area contributed by atoms with Gasteiger partial charge in [-0.1, -0.05) is 18.9 Å². The van der Waals surface area contributed by atoms with Crippen molar-refractivity contribution >= 4 is 5.96 Å². The molecule has 0 atom stereocenters. The zero-order valence-electron chi connectivity index (χ0n) is 12.6. The summed E-state index contributed by atoms with van der Waals surface area (Å²) in [5, 5.41) is 0. The summed E-state index contributed by atoms with van der Waals surface area (Å²) in [4.78, 5) is 6.61. The Morgan fingerprint density at radius 2 is 2.00 bits per heavy atom. The Balaban J connectivity index is 1.88. The van der Waals surface area contributed by atoms with Crippen LogP contribution in [0.2, 0.25) is 0 Å². The highest BCUT2D eigenvalue weighted by molar-refractivity contribution is 5.78. The van der Waals surface area contributed by atoms with Crippen LogP contribution in [0.15, 0.2) is 23.2 Å². The normalized spacial score (nSPS) is 16.7. The van der Waals surface area contributed by atoms with Crippen molar-refractivity contribution in [3.8, 4) is 5.75 Å². The molecule has 5 heteroatoms. The minimum atomic E-state index is -0.339. The molecule has 0 saturated carbocycles. The van der Waals surface area contributed by atoms with Gasteiger partial charge in [0.05, 0.1) is 7.11 Å². The van der Waals surface area contributed by atoms with E-state index in [0.29, 0.717) is 12.5 Å². The predicted molar refractivity (Wildman–Crippen MR) is 83.2 cm³/mol. The number of guanidine groups is 1. The Morgan fingerprint density at radius 3 is 2.67 bits per heavy atom. The van der Waals surface area contributed by atoms with E-state index in [0.717, 1.165) is 25.1 Å². The van der Waals surface area contributed by atoms with Gasteiger partial charge < -0.3 is 15.4 Å². The van der Waals surface area contributed by atoms with Crippen molar-refractivity contribution in [3.05, 3.63) is 29.6 Å². The highest BCUT2D eigenvalue weighted by Crippen LogP contribution is 2.18. The second-order valence-electron chi connectivity index (χ2n) is 5.36. The molecule has 0 bridgehead atoms. The highest BCUT2D eigenvalue weighted by Gasteiger charge is 2.10. The minimum absolute atomic E-state index is 0.275. The van der Waals surface area contributed by atoms with Crippen molar-refractivity contribution in [1.82, 2.24) is 4.90 Å². The summed E-state index contributed by atoms with van der Waals surface area (Å²) in [6.07, 6.45) is 5.65. The summed E-state index contributed by atoms with van der Waals surface area (Å²) in [6.45, 7) is 2.61. The third kappa shape index (κ3) is 4.62. The van der Waals surface area contributed by atoms with Crippen LogP contribution < -0.4 is 10.5 Å². The summed E-state index contributed by atoms with van der Waals surface area (Å²) in [5.74, 6) is 0.566. The fourth-order valence-electron chi connectivity index (χ4n) is 2.56. The zero-order chi connectivity index (χ0) is 15.1. The summed E-state index contributed by atoms with van der Waals surface area (Å²) < 4.78 is 18.3. The van der Waals surface area contributed by atoms with E-state index in [1.54, 1.807) is 12.1 Å². The molecule has 1 aliphatic heterocycles. The van der Waals surface area contributed by atoms with Crippen molar-refractivity contribution in [3.63, 3.8) is 0 Å². The number of hydrogen-bond donors (Lipinski definition) is 1. The van der Waals surface area contributed by atoms with Gasteiger partial charge in [0.15, 0.2) is 17.5 Å². The average molecular weight is 293 g/mol. The van der Waals surface area contributed by atoms with Crippen LogP contribution in [-0.4, -0.2) is 37.6 Å². The minimum Gasteiger partial charge on any atom is -0.494 e. The number of nitrogens with zero attached hydrogens (tertiary/aromatic N) is 2. The topological polar surface area (TPSA) is 50.9 Å². The van der Waals surface area contributed by atoms with Crippen LogP contribution in [0.25, 0.3) is 0 Å². The molecule has 1 fully saturated rings. The van der Waals surface area contributed by atoms with Gasteiger partial charge in [-0.25, -0.2) is 4.39 Å². The second-order valence-corrected chi connectivity index (χ2v) is 5.36. The van der Waals surface area contributed by atoms with Gasteiger partial charge in [0, 0.05) is 19.6 Å². The van der Waals surface area contributed by atoms with Gasteiger partial charge in [-0.2, -0.15) is 0 Å². The molecule has 1 aromatic carbocycles. The number of ether oxygens (including phenoxy) is 1. The SMILES string of the molecule is COc1cc(CCN=C(N)N2CCCCCC2)ccc1F. The van der Waals surface area contributed by atoms with Crippen LogP contribution in [0.4, 0.5) is 4.39 Å². The number of nitrogens with two attached hydrogens (primary N) is 1. The predicted octanol–water partition coefficient (Wildman–Crippen LogP) is 2.57. The summed E-state index contributed by atoms with van der Waals surface area (Å²) in [6, 6.07) is 4.90. The molecule has 0 amide bonds. The first-order valence-corrected chi connectivity index (χ1v) is 7.58. The Hall–Kier alpha value is -1.78. The third-order valence-corrected chi connectivity index (χ3v) is 3.82. The molecule has 4 nitrogen and oxygen atoms in total. The summed E-state index contributed by atoms with van der Waals surface area (Å²) in [7, 11) is 1.47. The van der Waals surface area contributed by atoms with E-state index in [1.807, 2.05) is 0 Å². The first-order valence-electron chi connectivity index (χ1n) is 7.58. The molecular formula is C16H24FN3O. The van der Waals surface area contributed by atoms with Crippen LogP contribution in [0.1, 0.15) is 31.2 Å². The van der Waals surface area contributed by atoms with Gasteiger partial charge >= 0.3 is 0 Å². The Labute approximate surface area is 125 Å². The van der Waals surface area contributed by atoms with Crippen molar-refractivity contribution in [2.45, 2.75) is 32.1 Å². The van der Waals surface area contributed by atoms with Crippen LogP contribution in [-0.2, 0) is 6.42 Å². The number of methoxy groups -OCH3 is 1. The van der Waals surface area contributed by atoms with Gasteiger partial charge in [0.1, 0.15) is 0 Å². The lowest BCUT2D eigenvalue weighted by Crippen LogP contribution is -2.38. The standard InChI is InChI=1S/C16H24FN3O/c1-21-15-12-13(6-7-14(15)17)8-9-19-16(18)20-10-4-2-3-5-11-20/h6-7,12H,2-5,8-11H2,1H3,(H2,18,19). The van der Waals surface area contributed by atoms with E-state index in [-0.39, 0.29) is 11.6 Å². The van der Waals surface area contributed by atoms with Gasteiger partial charge in [0.25, 0.3) is 0 Å². The number of benzene rings is 1. The molecule has 1 saturated heterocycles. The van der Waals surface area contributed by atoms with Crippen LogP contribution in [0.5, 0.6) is 5.75 Å². The van der Waals surface area contributed by atoms with Crippen molar-refractivity contribution in [2.75, 3.05) is 26.7 Å². The van der Waals surface area contributed by atoms with Gasteiger partial charge in [-0.3, -0.25) is 4.99 Å². The zero-order valence-corrected chi connectivity index (χ0v) is 12.6. The van der Waals surface area contributed by atoms with E-state index in [4.69, 9.17) is 10.5 Å². The smallest absolute Gasteiger partial charge is 0.191 e. The Kier molecular flexibility index (Phi) is 5.84. The fourth-order valence-corrected chi connectivity index (χ4v) is 2.56. The van der Waals surface area contributed by atoms with E-state index in [1.165, 1.54) is 38.9 Å². The maximum Gasteiger partial charge on any atom is 0.191 e. The average Bonchev–Trinajstić information content (AvgIpc) is 2.78. The van der Waals surface area contributed by atoms with Crippen molar-refractivity contribution < 1.29 is 9.13 Å². The molecule has 1 aliphatic rings. The highest BCUT2D eigenvalue weighted by atomic mass is 19.1. The lowest BCUT2D eigenvalue weighted by Gasteiger charge is -2.21. The molecule has 1 aromatic rings. The Morgan fingerprint density at radius 1 is 1.29 bits per heavy atom. The van der Waals surface area contributed by atoms with Crippen LogP contribution in [0.3, 0.4) is 0 Å². The second kappa shape index (κ2) is 7.86. The molecule has 0 spiro atoms. The van der Waals surface area contributed by atoms with Crippen LogP contribution >= 0.6 is 0 Å². The van der Waals surface area contributed by atoms with Crippen molar-refractivity contribution in [2.24, 2.45) is 10.7 Å². The number of halogens is 1. The first kappa shape index (κ1) is 15.6. The lowest BCUT2D eigenvalue weighted by molar-refractivity contribution is 0.386. The maximum atomic E-state index is 13.3. The molecule has 0 unspecified atom stereocenters. The van der Waals surface area contributed by atoms with Gasteiger partial charge in [-0.05, 0) is 37.0 Å². The quantitative estimate of drug-likeness (QED) is 0.685. The molecular weight excluding hydrogens is 269 g/mol. The van der Waals surface area contributed by atoms with E-state index >= 15 is 0 Å². The molecule has 0 aliphatic carbocycles. The number of aliphatic imine (C=N–C) groups is 1. The molecule has 116 valence electrons. The van der Waals surface area contributed by atoms with E-state index < -0.39 is 0 Å². The first-order chi connectivity index (χ1) is 10.2. The number of likely N-dealkylation sites (tertiary alicyclic amines) is 1. The molecule has 2 N–H and O–H groups in total. The van der Waals surface area contributed by atoms with E-state index in [2.05, 4.69) is 9.89 Å². The number of hydrogen-bond acceptors (Lipinski definition) is 2. The third-order valence-electron chi connectivity index (χ3n) is 3.82.